The van der Waals surface area contributed by atoms with E-state index in [9.17, 15) is 9.18 Å². The molecule has 1 aromatic rings. The molecule has 108 valence electrons. The van der Waals surface area contributed by atoms with E-state index in [0.29, 0.717) is 6.54 Å². The lowest BCUT2D eigenvalue weighted by Gasteiger charge is -2.16. The summed E-state index contributed by atoms with van der Waals surface area (Å²) in [7, 11) is 0. The molecule has 0 aliphatic rings. The van der Waals surface area contributed by atoms with Crippen molar-refractivity contribution in [2.24, 2.45) is 5.73 Å². The summed E-state index contributed by atoms with van der Waals surface area (Å²) in [4.78, 5) is 11.4. The van der Waals surface area contributed by atoms with Gasteiger partial charge in [-0.2, -0.15) is 0 Å². The zero-order valence-electron chi connectivity index (χ0n) is 11.1. The fourth-order valence-electron chi connectivity index (χ4n) is 1.42. The highest BCUT2D eigenvalue weighted by molar-refractivity contribution is 5.85. The largest absolute Gasteiger partial charge is 0.486 e. The SMILES string of the molecule is CC(N)CC(=O)NCC(C)Oc1ccccc1F.Cl. The lowest BCUT2D eigenvalue weighted by atomic mass is 10.2. The number of hydrogen-bond donors (Lipinski definition) is 2. The molecule has 4 nitrogen and oxygen atoms in total. The van der Waals surface area contributed by atoms with Gasteiger partial charge < -0.3 is 15.8 Å². The second kappa shape index (κ2) is 8.72. The number of para-hydroxylation sites is 1. The van der Waals surface area contributed by atoms with Gasteiger partial charge in [-0.25, -0.2) is 4.39 Å². The number of nitrogens with two attached hydrogens (primary N) is 1. The molecular weight excluding hydrogens is 271 g/mol. The third kappa shape index (κ3) is 6.98. The molecule has 0 saturated carbocycles. The molecule has 1 rings (SSSR count). The highest BCUT2D eigenvalue weighted by Gasteiger charge is 2.10. The quantitative estimate of drug-likeness (QED) is 0.841. The molecule has 6 heteroatoms. The Morgan fingerprint density at radius 2 is 2.05 bits per heavy atom. The van der Waals surface area contributed by atoms with Crippen molar-refractivity contribution in [2.75, 3.05) is 6.54 Å². The van der Waals surface area contributed by atoms with E-state index in [1.54, 1.807) is 32.0 Å². The minimum Gasteiger partial charge on any atom is -0.486 e. The second-order valence-corrected chi connectivity index (χ2v) is 4.34. The first kappa shape index (κ1) is 17.7. The average molecular weight is 291 g/mol. The first-order valence-corrected chi connectivity index (χ1v) is 5.92. The lowest BCUT2D eigenvalue weighted by molar-refractivity contribution is -0.121. The fraction of sp³-hybridized carbons (Fsp3) is 0.462. The highest BCUT2D eigenvalue weighted by Crippen LogP contribution is 2.16. The van der Waals surface area contributed by atoms with E-state index in [4.69, 9.17) is 10.5 Å². The molecule has 1 aromatic carbocycles. The number of carbonyl (C=O) groups excluding carboxylic acids is 1. The molecule has 0 heterocycles. The molecule has 19 heavy (non-hydrogen) atoms. The van der Waals surface area contributed by atoms with Crippen LogP contribution in [0.3, 0.4) is 0 Å². The third-order valence-corrected chi connectivity index (χ3v) is 2.26. The van der Waals surface area contributed by atoms with Gasteiger partial charge in [0.05, 0.1) is 6.54 Å². The molecule has 0 saturated heterocycles. The predicted octanol–water partition coefficient (Wildman–Crippen LogP) is 1.87. The van der Waals surface area contributed by atoms with Crippen molar-refractivity contribution in [1.82, 2.24) is 5.32 Å². The van der Waals surface area contributed by atoms with E-state index in [-0.39, 0.29) is 42.6 Å². The van der Waals surface area contributed by atoms with Gasteiger partial charge in [-0.3, -0.25) is 4.79 Å². The van der Waals surface area contributed by atoms with Crippen molar-refractivity contribution in [3.05, 3.63) is 30.1 Å². The zero-order chi connectivity index (χ0) is 13.5. The summed E-state index contributed by atoms with van der Waals surface area (Å²) in [5.41, 5.74) is 5.50. The minimum absolute atomic E-state index is 0. The Morgan fingerprint density at radius 3 is 2.63 bits per heavy atom. The summed E-state index contributed by atoms with van der Waals surface area (Å²) in [6.45, 7) is 3.84. The minimum atomic E-state index is -0.411. The predicted molar refractivity (Wildman–Crippen MR) is 75.0 cm³/mol. The number of hydrogen-bond acceptors (Lipinski definition) is 3. The number of halogens is 2. The van der Waals surface area contributed by atoms with Crippen molar-refractivity contribution in [3.8, 4) is 5.75 Å². The van der Waals surface area contributed by atoms with Gasteiger partial charge in [0.25, 0.3) is 0 Å². The van der Waals surface area contributed by atoms with E-state index in [2.05, 4.69) is 5.32 Å². The molecule has 2 atom stereocenters. The van der Waals surface area contributed by atoms with Gasteiger partial charge in [-0.1, -0.05) is 12.1 Å². The van der Waals surface area contributed by atoms with Crippen molar-refractivity contribution in [1.29, 1.82) is 0 Å². The number of benzene rings is 1. The Morgan fingerprint density at radius 1 is 1.42 bits per heavy atom. The van der Waals surface area contributed by atoms with Gasteiger partial charge in [-0.15, -0.1) is 12.4 Å². The third-order valence-electron chi connectivity index (χ3n) is 2.26. The molecule has 3 N–H and O–H groups in total. The summed E-state index contributed by atoms with van der Waals surface area (Å²) in [6, 6.07) is 6.00. The molecule has 0 aliphatic carbocycles. The summed E-state index contributed by atoms with van der Waals surface area (Å²) < 4.78 is 18.7. The molecule has 0 fully saturated rings. The maximum atomic E-state index is 13.3. The van der Waals surface area contributed by atoms with E-state index in [1.165, 1.54) is 6.07 Å². The van der Waals surface area contributed by atoms with E-state index < -0.39 is 5.82 Å². The molecule has 0 bridgehead atoms. The smallest absolute Gasteiger partial charge is 0.221 e. The van der Waals surface area contributed by atoms with E-state index >= 15 is 0 Å². The van der Waals surface area contributed by atoms with Gasteiger partial charge in [0, 0.05) is 12.5 Å². The van der Waals surface area contributed by atoms with Crippen molar-refractivity contribution < 1.29 is 13.9 Å². The Kier molecular flexibility index (Phi) is 8.11. The standard InChI is InChI=1S/C13H19FN2O2.ClH/c1-9(15)7-13(17)16-8-10(2)18-12-6-4-3-5-11(12)14;/h3-6,9-10H,7-8,15H2,1-2H3,(H,16,17);1H. The van der Waals surface area contributed by atoms with Crippen LogP contribution in [-0.4, -0.2) is 24.6 Å². The normalized spacial score (nSPS) is 13.1. The Hall–Kier alpha value is -1.33. The number of carbonyl (C=O) groups is 1. The molecular formula is C13H20ClFN2O2. The van der Waals surface area contributed by atoms with Crippen LogP contribution in [-0.2, 0) is 4.79 Å². The van der Waals surface area contributed by atoms with Crippen LogP contribution in [0.2, 0.25) is 0 Å². The van der Waals surface area contributed by atoms with Crippen LogP contribution in [0.15, 0.2) is 24.3 Å². The van der Waals surface area contributed by atoms with E-state index in [0.717, 1.165) is 0 Å². The van der Waals surface area contributed by atoms with Crippen molar-refractivity contribution >= 4 is 18.3 Å². The van der Waals surface area contributed by atoms with E-state index in [1.807, 2.05) is 0 Å². The topological polar surface area (TPSA) is 64.4 Å². The van der Waals surface area contributed by atoms with Crippen molar-refractivity contribution in [3.63, 3.8) is 0 Å². The Labute approximate surface area is 118 Å². The van der Waals surface area contributed by atoms with Crippen LogP contribution in [0.4, 0.5) is 4.39 Å². The molecule has 2 unspecified atom stereocenters. The van der Waals surface area contributed by atoms with Crippen LogP contribution in [0.1, 0.15) is 20.3 Å². The van der Waals surface area contributed by atoms with Gasteiger partial charge in [0.1, 0.15) is 6.10 Å². The van der Waals surface area contributed by atoms with Crippen LogP contribution in [0.25, 0.3) is 0 Å². The number of rotatable bonds is 6. The first-order chi connectivity index (χ1) is 8.49. The fourth-order valence-corrected chi connectivity index (χ4v) is 1.42. The molecule has 1 amide bonds. The Balaban J connectivity index is 0.00000324. The van der Waals surface area contributed by atoms with Crippen LogP contribution < -0.4 is 15.8 Å². The van der Waals surface area contributed by atoms with Crippen LogP contribution in [0.5, 0.6) is 5.75 Å². The van der Waals surface area contributed by atoms with Gasteiger partial charge in [0.15, 0.2) is 11.6 Å². The summed E-state index contributed by atoms with van der Waals surface area (Å²) >= 11 is 0. The maximum Gasteiger partial charge on any atom is 0.221 e. The molecule has 0 aliphatic heterocycles. The van der Waals surface area contributed by atoms with Gasteiger partial charge in [0.2, 0.25) is 5.91 Å². The van der Waals surface area contributed by atoms with Gasteiger partial charge in [-0.05, 0) is 26.0 Å². The van der Waals surface area contributed by atoms with Gasteiger partial charge >= 0.3 is 0 Å². The van der Waals surface area contributed by atoms with Crippen LogP contribution >= 0.6 is 12.4 Å². The average Bonchev–Trinajstić information content (AvgIpc) is 2.29. The Bertz CT molecular complexity index is 402. The number of ether oxygens (including phenoxy) is 1. The lowest BCUT2D eigenvalue weighted by Crippen LogP contribution is -2.36. The number of nitrogens with one attached hydrogen (secondary N) is 1. The van der Waals surface area contributed by atoms with Crippen LogP contribution in [0, 0.1) is 5.82 Å². The number of amides is 1. The van der Waals surface area contributed by atoms with Crippen molar-refractivity contribution in [2.45, 2.75) is 32.4 Å². The summed E-state index contributed by atoms with van der Waals surface area (Å²) in [5.74, 6) is -0.355. The highest BCUT2D eigenvalue weighted by atomic mass is 35.5. The second-order valence-electron chi connectivity index (χ2n) is 4.34. The zero-order valence-corrected chi connectivity index (χ0v) is 11.9. The summed E-state index contributed by atoms with van der Waals surface area (Å²) in [5, 5.41) is 2.69. The molecule has 0 spiro atoms. The molecule has 0 radical (unpaired) electrons. The first-order valence-electron chi connectivity index (χ1n) is 5.92. The monoisotopic (exact) mass is 290 g/mol. The summed E-state index contributed by atoms with van der Waals surface area (Å²) in [6.07, 6.45) is -0.0363. The molecule has 0 aromatic heterocycles. The maximum absolute atomic E-state index is 13.3.